The van der Waals surface area contributed by atoms with Crippen LogP contribution in [0.3, 0.4) is 0 Å². The summed E-state index contributed by atoms with van der Waals surface area (Å²) in [4.78, 5) is 12.3. The van der Waals surface area contributed by atoms with Crippen LogP contribution in [-0.2, 0) is 11.2 Å². The lowest BCUT2D eigenvalue weighted by molar-refractivity contribution is -0.119. The third-order valence-electron chi connectivity index (χ3n) is 3.85. The lowest BCUT2D eigenvalue weighted by atomic mass is 9.88. The summed E-state index contributed by atoms with van der Waals surface area (Å²) in [5.74, 6) is 0.421. The number of hydrogen-bond donors (Lipinski definition) is 2. The van der Waals surface area contributed by atoms with Gasteiger partial charge in [0.1, 0.15) is 0 Å². The third kappa shape index (κ3) is 4.48. The number of aryl methyl sites for hydroxylation is 1. The number of fused-ring (bicyclic) bond motifs is 1. The van der Waals surface area contributed by atoms with Gasteiger partial charge < -0.3 is 10.6 Å². The molecule has 128 valence electrons. The molecule has 0 aliphatic heterocycles. The molecule has 5 nitrogen and oxygen atoms in total. The number of aromatic nitrogens is 2. The van der Waals surface area contributed by atoms with Crippen molar-refractivity contribution >= 4 is 34.1 Å². The molecule has 1 aliphatic rings. The highest BCUT2D eigenvalue weighted by molar-refractivity contribution is 8.01. The van der Waals surface area contributed by atoms with Gasteiger partial charge in [-0.25, -0.2) is 0 Å². The maximum atomic E-state index is 12.3. The van der Waals surface area contributed by atoms with Crippen molar-refractivity contribution in [1.82, 2.24) is 15.5 Å². The van der Waals surface area contributed by atoms with E-state index >= 15 is 0 Å². The molecule has 2 N–H and O–H groups in total. The van der Waals surface area contributed by atoms with E-state index in [0.717, 1.165) is 28.7 Å². The molecule has 1 aromatic heterocycles. The predicted molar refractivity (Wildman–Crippen MR) is 99.7 cm³/mol. The SMILES string of the molecule is CC(C)Nc1nnc(SCC(=O)N[C@H]2CCCc3ccccc32)s1. The van der Waals surface area contributed by atoms with Crippen LogP contribution in [-0.4, -0.2) is 27.9 Å². The zero-order valence-electron chi connectivity index (χ0n) is 13.9. The average molecular weight is 363 g/mol. The minimum Gasteiger partial charge on any atom is -0.358 e. The summed E-state index contributed by atoms with van der Waals surface area (Å²) in [5.41, 5.74) is 2.62. The van der Waals surface area contributed by atoms with E-state index in [9.17, 15) is 4.79 Å². The van der Waals surface area contributed by atoms with E-state index in [2.05, 4.69) is 52.9 Å². The normalized spacial score (nSPS) is 16.7. The second kappa shape index (κ2) is 7.98. The monoisotopic (exact) mass is 362 g/mol. The van der Waals surface area contributed by atoms with Gasteiger partial charge in [0, 0.05) is 6.04 Å². The van der Waals surface area contributed by atoms with Gasteiger partial charge in [0.15, 0.2) is 4.34 Å². The molecule has 0 radical (unpaired) electrons. The van der Waals surface area contributed by atoms with Crippen LogP contribution in [0.1, 0.15) is 43.9 Å². The van der Waals surface area contributed by atoms with Gasteiger partial charge in [-0.15, -0.1) is 10.2 Å². The highest BCUT2D eigenvalue weighted by atomic mass is 32.2. The number of amides is 1. The topological polar surface area (TPSA) is 66.9 Å². The van der Waals surface area contributed by atoms with Crippen molar-refractivity contribution in [2.24, 2.45) is 0 Å². The minimum atomic E-state index is 0.0512. The Morgan fingerprint density at radius 3 is 3.04 bits per heavy atom. The van der Waals surface area contributed by atoms with Gasteiger partial charge in [-0.3, -0.25) is 4.79 Å². The fourth-order valence-electron chi connectivity index (χ4n) is 2.84. The van der Waals surface area contributed by atoms with Crippen molar-refractivity contribution in [2.75, 3.05) is 11.1 Å². The van der Waals surface area contributed by atoms with E-state index in [1.54, 1.807) is 0 Å². The molecule has 1 amide bonds. The number of benzene rings is 1. The van der Waals surface area contributed by atoms with Gasteiger partial charge in [0.25, 0.3) is 0 Å². The predicted octanol–water partition coefficient (Wildman–Crippen LogP) is 3.64. The van der Waals surface area contributed by atoms with Gasteiger partial charge in [-0.1, -0.05) is 47.4 Å². The molecule has 2 aromatic rings. The van der Waals surface area contributed by atoms with Gasteiger partial charge in [0.2, 0.25) is 11.0 Å². The summed E-state index contributed by atoms with van der Waals surface area (Å²) in [6.07, 6.45) is 3.23. The van der Waals surface area contributed by atoms with E-state index < -0.39 is 0 Å². The molecule has 0 saturated heterocycles. The zero-order chi connectivity index (χ0) is 16.9. The first-order valence-corrected chi connectivity index (χ1v) is 10.0. The number of carbonyl (C=O) groups is 1. The molecule has 0 saturated carbocycles. The average Bonchev–Trinajstić information content (AvgIpc) is 3.00. The largest absolute Gasteiger partial charge is 0.358 e. The van der Waals surface area contributed by atoms with Crippen molar-refractivity contribution in [3.05, 3.63) is 35.4 Å². The Labute approximate surface area is 150 Å². The standard InChI is InChI=1S/C17H22N4OS2/c1-11(2)18-16-20-21-17(24-16)23-10-15(22)19-14-9-5-7-12-6-3-4-8-13(12)14/h3-4,6,8,11,14H,5,7,9-10H2,1-2H3,(H,18,20)(H,19,22)/t14-/m0/s1. The smallest absolute Gasteiger partial charge is 0.230 e. The lowest BCUT2D eigenvalue weighted by Crippen LogP contribution is -2.32. The summed E-state index contributed by atoms with van der Waals surface area (Å²) in [5, 5.41) is 15.4. The number of rotatable bonds is 6. The van der Waals surface area contributed by atoms with Gasteiger partial charge in [-0.2, -0.15) is 0 Å². The summed E-state index contributed by atoms with van der Waals surface area (Å²) in [6, 6.07) is 8.86. The molecular weight excluding hydrogens is 340 g/mol. The zero-order valence-corrected chi connectivity index (χ0v) is 15.5. The highest BCUT2D eigenvalue weighted by Gasteiger charge is 2.21. The Kier molecular flexibility index (Phi) is 5.73. The molecular formula is C17H22N4OS2. The van der Waals surface area contributed by atoms with E-state index in [0.29, 0.717) is 11.8 Å². The quantitative estimate of drug-likeness (QED) is 0.768. The Morgan fingerprint density at radius 1 is 1.38 bits per heavy atom. The third-order valence-corrected chi connectivity index (χ3v) is 5.84. The number of hydrogen-bond acceptors (Lipinski definition) is 6. The van der Waals surface area contributed by atoms with Crippen molar-refractivity contribution in [3.63, 3.8) is 0 Å². The molecule has 0 spiro atoms. The molecule has 1 aliphatic carbocycles. The van der Waals surface area contributed by atoms with E-state index in [1.807, 2.05) is 6.07 Å². The Balaban J connectivity index is 1.52. The Bertz CT molecular complexity index is 701. The number of anilines is 1. The second-order valence-corrected chi connectivity index (χ2v) is 8.37. The van der Waals surface area contributed by atoms with E-state index in [1.165, 1.54) is 34.2 Å². The molecule has 3 rings (SSSR count). The first-order chi connectivity index (χ1) is 11.6. The second-order valence-electron chi connectivity index (χ2n) is 6.17. The van der Waals surface area contributed by atoms with Crippen molar-refractivity contribution in [3.8, 4) is 0 Å². The number of nitrogens with zero attached hydrogens (tertiary/aromatic N) is 2. The molecule has 0 fully saturated rings. The summed E-state index contributed by atoms with van der Waals surface area (Å²) >= 11 is 2.93. The molecule has 1 atom stereocenters. The highest BCUT2D eigenvalue weighted by Crippen LogP contribution is 2.30. The minimum absolute atomic E-state index is 0.0512. The van der Waals surface area contributed by atoms with Crippen LogP contribution in [0.2, 0.25) is 0 Å². The van der Waals surface area contributed by atoms with Gasteiger partial charge in [-0.05, 0) is 44.2 Å². The van der Waals surface area contributed by atoms with Crippen LogP contribution in [0, 0.1) is 0 Å². The molecule has 24 heavy (non-hydrogen) atoms. The van der Waals surface area contributed by atoms with Crippen LogP contribution in [0.15, 0.2) is 28.6 Å². The summed E-state index contributed by atoms with van der Waals surface area (Å²) in [6.45, 7) is 4.12. The lowest BCUT2D eigenvalue weighted by Gasteiger charge is -2.26. The Morgan fingerprint density at radius 2 is 2.21 bits per heavy atom. The van der Waals surface area contributed by atoms with Crippen LogP contribution >= 0.6 is 23.1 Å². The molecule has 1 aromatic carbocycles. The number of thioether (sulfide) groups is 1. The molecule has 1 heterocycles. The fraction of sp³-hybridized carbons (Fsp3) is 0.471. The van der Waals surface area contributed by atoms with Crippen molar-refractivity contribution in [2.45, 2.75) is 49.5 Å². The van der Waals surface area contributed by atoms with E-state index in [4.69, 9.17) is 0 Å². The van der Waals surface area contributed by atoms with Crippen LogP contribution in [0.5, 0.6) is 0 Å². The van der Waals surface area contributed by atoms with Crippen LogP contribution < -0.4 is 10.6 Å². The summed E-state index contributed by atoms with van der Waals surface area (Å²) in [7, 11) is 0. The first-order valence-electron chi connectivity index (χ1n) is 8.22. The van der Waals surface area contributed by atoms with Crippen LogP contribution in [0.25, 0.3) is 0 Å². The van der Waals surface area contributed by atoms with Gasteiger partial charge >= 0.3 is 0 Å². The van der Waals surface area contributed by atoms with Crippen LogP contribution in [0.4, 0.5) is 5.13 Å². The first kappa shape index (κ1) is 17.2. The summed E-state index contributed by atoms with van der Waals surface area (Å²) < 4.78 is 0.817. The van der Waals surface area contributed by atoms with Crippen molar-refractivity contribution in [1.29, 1.82) is 0 Å². The number of carbonyl (C=O) groups excluding carboxylic acids is 1. The molecule has 0 unspecified atom stereocenters. The van der Waals surface area contributed by atoms with E-state index in [-0.39, 0.29) is 11.9 Å². The fourth-order valence-corrected chi connectivity index (χ4v) is 4.55. The maximum Gasteiger partial charge on any atom is 0.230 e. The molecule has 0 bridgehead atoms. The molecule has 7 heteroatoms. The number of nitrogens with one attached hydrogen (secondary N) is 2. The van der Waals surface area contributed by atoms with Gasteiger partial charge in [0.05, 0.1) is 11.8 Å². The Hall–Kier alpha value is -1.60. The maximum absolute atomic E-state index is 12.3. The van der Waals surface area contributed by atoms with Crippen molar-refractivity contribution < 1.29 is 4.79 Å².